The van der Waals surface area contributed by atoms with Crippen LogP contribution in [0.2, 0.25) is 0 Å². The summed E-state index contributed by atoms with van der Waals surface area (Å²) in [5, 5.41) is 7.30. The summed E-state index contributed by atoms with van der Waals surface area (Å²) in [6, 6.07) is 6.63. The largest absolute Gasteiger partial charge is 0.385 e. The van der Waals surface area contributed by atoms with Gasteiger partial charge in [0.25, 0.3) is 0 Å². The highest BCUT2D eigenvalue weighted by Gasteiger charge is 2.50. The molecule has 0 unspecified atom stereocenters. The lowest BCUT2D eigenvalue weighted by atomic mass is 9.53. The SMILES string of the molecule is Fc1ccc(NCCCNC23CC4CC(CC(C4)C2)C3)cc1. The first-order valence-corrected chi connectivity index (χ1v) is 8.95. The molecule has 22 heavy (non-hydrogen) atoms. The lowest BCUT2D eigenvalue weighted by molar-refractivity contribution is -0.0194. The first kappa shape index (κ1) is 14.5. The number of hydrogen-bond acceptors (Lipinski definition) is 2. The molecule has 3 heteroatoms. The van der Waals surface area contributed by atoms with Crippen LogP contribution in [0.1, 0.15) is 44.9 Å². The number of benzene rings is 1. The molecule has 0 heterocycles. The van der Waals surface area contributed by atoms with E-state index < -0.39 is 0 Å². The third kappa shape index (κ3) is 3.01. The number of halogens is 1. The van der Waals surface area contributed by atoms with Gasteiger partial charge in [0.05, 0.1) is 0 Å². The molecule has 4 saturated carbocycles. The summed E-state index contributed by atoms with van der Waals surface area (Å²) >= 11 is 0. The van der Waals surface area contributed by atoms with Gasteiger partial charge in [0.2, 0.25) is 0 Å². The molecule has 0 atom stereocenters. The van der Waals surface area contributed by atoms with E-state index in [1.165, 1.54) is 50.7 Å². The molecule has 4 aliphatic carbocycles. The average Bonchev–Trinajstić information content (AvgIpc) is 2.47. The number of anilines is 1. The van der Waals surface area contributed by atoms with Crippen LogP contribution in [-0.4, -0.2) is 18.6 Å². The van der Waals surface area contributed by atoms with E-state index in [4.69, 9.17) is 0 Å². The molecule has 0 saturated heterocycles. The molecule has 1 aromatic rings. The summed E-state index contributed by atoms with van der Waals surface area (Å²) in [7, 11) is 0. The summed E-state index contributed by atoms with van der Waals surface area (Å²) in [6.45, 7) is 2.05. The Kier molecular flexibility index (Phi) is 3.85. The zero-order valence-electron chi connectivity index (χ0n) is 13.3. The van der Waals surface area contributed by atoms with Crippen molar-refractivity contribution in [1.29, 1.82) is 0 Å². The fourth-order valence-corrected chi connectivity index (χ4v) is 5.57. The fraction of sp³-hybridized carbons (Fsp3) is 0.684. The Bertz CT molecular complexity index is 475. The molecule has 0 aliphatic heterocycles. The summed E-state index contributed by atoms with van der Waals surface area (Å²) < 4.78 is 12.9. The van der Waals surface area contributed by atoms with E-state index in [1.807, 2.05) is 12.1 Å². The van der Waals surface area contributed by atoms with Crippen molar-refractivity contribution in [2.24, 2.45) is 17.8 Å². The van der Waals surface area contributed by atoms with Crippen molar-refractivity contribution in [3.05, 3.63) is 30.1 Å². The van der Waals surface area contributed by atoms with E-state index in [9.17, 15) is 4.39 Å². The molecule has 0 radical (unpaired) electrons. The standard InChI is InChI=1S/C19H27FN2/c20-17-2-4-18(5-3-17)21-6-1-7-22-19-11-14-8-15(12-19)10-16(9-14)13-19/h2-5,14-16,21-22H,1,6-13H2. The van der Waals surface area contributed by atoms with Crippen molar-refractivity contribution in [2.75, 3.05) is 18.4 Å². The molecule has 4 aliphatic rings. The lowest BCUT2D eigenvalue weighted by Gasteiger charge is -2.57. The minimum atomic E-state index is -0.172. The molecule has 2 nitrogen and oxygen atoms in total. The van der Waals surface area contributed by atoms with Crippen LogP contribution in [0.25, 0.3) is 0 Å². The zero-order valence-corrected chi connectivity index (χ0v) is 13.3. The lowest BCUT2D eigenvalue weighted by Crippen LogP contribution is -2.58. The van der Waals surface area contributed by atoms with Gasteiger partial charge < -0.3 is 10.6 Å². The average molecular weight is 302 g/mol. The number of hydrogen-bond donors (Lipinski definition) is 2. The Labute approximate surface area is 132 Å². The van der Waals surface area contributed by atoms with E-state index in [1.54, 1.807) is 0 Å². The van der Waals surface area contributed by atoms with Gasteiger partial charge in [-0.1, -0.05) is 0 Å². The van der Waals surface area contributed by atoms with Crippen LogP contribution in [0.5, 0.6) is 0 Å². The molecular formula is C19H27FN2. The molecule has 5 rings (SSSR count). The van der Waals surface area contributed by atoms with Crippen LogP contribution in [0, 0.1) is 23.6 Å². The highest BCUT2D eigenvalue weighted by molar-refractivity contribution is 5.42. The van der Waals surface area contributed by atoms with Crippen LogP contribution >= 0.6 is 0 Å². The summed E-state index contributed by atoms with van der Waals surface area (Å²) in [4.78, 5) is 0. The predicted molar refractivity (Wildman–Crippen MR) is 88.4 cm³/mol. The van der Waals surface area contributed by atoms with E-state index in [2.05, 4.69) is 10.6 Å². The van der Waals surface area contributed by atoms with Crippen molar-refractivity contribution in [3.63, 3.8) is 0 Å². The Balaban J connectivity index is 1.21. The maximum absolute atomic E-state index is 12.9. The van der Waals surface area contributed by atoms with Crippen molar-refractivity contribution in [2.45, 2.75) is 50.5 Å². The number of rotatable bonds is 6. The Morgan fingerprint density at radius 1 is 0.909 bits per heavy atom. The summed E-state index contributed by atoms with van der Waals surface area (Å²) in [5.74, 6) is 2.86. The molecule has 4 bridgehead atoms. The van der Waals surface area contributed by atoms with Crippen LogP contribution in [0.15, 0.2) is 24.3 Å². The fourth-order valence-electron chi connectivity index (χ4n) is 5.57. The first-order chi connectivity index (χ1) is 10.7. The van der Waals surface area contributed by atoms with Crippen LogP contribution in [-0.2, 0) is 0 Å². The molecule has 0 amide bonds. The first-order valence-electron chi connectivity index (χ1n) is 8.95. The van der Waals surface area contributed by atoms with Crippen molar-refractivity contribution < 1.29 is 4.39 Å². The molecule has 4 fully saturated rings. The van der Waals surface area contributed by atoms with Gasteiger partial charge in [-0.3, -0.25) is 0 Å². The van der Waals surface area contributed by atoms with E-state index in [-0.39, 0.29) is 5.82 Å². The smallest absolute Gasteiger partial charge is 0.123 e. The monoisotopic (exact) mass is 302 g/mol. The molecule has 2 N–H and O–H groups in total. The van der Waals surface area contributed by atoms with Crippen LogP contribution in [0.4, 0.5) is 10.1 Å². The van der Waals surface area contributed by atoms with Gasteiger partial charge in [-0.2, -0.15) is 0 Å². The molecule has 1 aromatic carbocycles. The second-order valence-electron chi connectivity index (χ2n) is 7.91. The Hall–Kier alpha value is -1.09. The van der Waals surface area contributed by atoms with Gasteiger partial charge in [-0.15, -0.1) is 0 Å². The zero-order chi connectivity index (χ0) is 15.0. The highest BCUT2D eigenvalue weighted by Crippen LogP contribution is 2.55. The maximum atomic E-state index is 12.9. The van der Waals surface area contributed by atoms with E-state index >= 15 is 0 Å². The summed E-state index contributed by atoms with van der Waals surface area (Å²) in [5.41, 5.74) is 1.49. The second-order valence-corrected chi connectivity index (χ2v) is 7.91. The van der Waals surface area contributed by atoms with Gasteiger partial charge in [0, 0.05) is 17.8 Å². The van der Waals surface area contributed by atoms with Crippen LogP contribution in [0.3, 0.4) is 0 Å². The molecular weight excluding hydrogens is 275 g/mol. The Morgan fingerprint density at radius 3 is 2.09 bits per heavy atom. The topological polar surface area (TPSA) is 24.1 Å². The molecule has 120 valence electrons. The summed E-state index contributed by atoms with van der Waals surface area (Å²) in [6.07, 6.45) is 9.91. The second kappa shape index (κ2) is 5.84. The minimum absolute atomic E-state index is 0.172. The maximum Gasteiger partial charge on any atom is 0.123 e. The van der Waals surface area contributed by atoms with Gasteiger partial charge in [-0.25, -0.2) is 4.39 Å². The Morgan fingerprint density at radius 2 is 1.50 bits per heavy atom. The van der Waals surface area contributed by atoms with E-state index in [0.717, 1.165) is 43.0 Å². The van der Waals surface area contributed by atoms with Gasteiger partial charge in [0.1, 0.15) is 5.82 Å². The van der Waals surface area contributed by atoms with Crippen molar-refractivity contribution >= 4 is 5.69 Å². The third-order valence-electron chi connectivity index (χ3n) is 6.07. The quantitative estimate of drug-likeness (QED) is 0.770. The van der Waals surface area contributed by atoms with Crippen molar-refractivity contribution in [3.8, 4) is 0 Å². The van der Waals surface area contributed by atoms with Gasteiger partial charge in [-0.05, 0) is 93.5 Å². The third-order valence-corrected chi connectivity index (χ3v) is 6.07. The van der Waals surface area contributed by atoms with Gasteiger partial charge >= 0.3 is 0 Å². The van der Waals surface area contributed by atoms with Crippen molar-refractivity contribution in [1.82, 2.24) is 5.32 Å². The molecule has 0 spiro atoms. The van der Waals surface area contributed by atoms with Crippen LogP contribution < -0.4 is 10.6 Å². The minimum Gasteiger partial charge on any atom is -0.385 e. The highest BCUT2D eigenvalue weighted by atomic mass is 19.1. The normalized spacial score (nSPS) is 35.8. The van der Waals surface area contributed by atoms with Gasteiger partial charge in [0.15, 0.2) is 0 Å². The molecule has 0 aromatic heterocycles. The van der Waals surface area contributed by atoms with E-state index in [0.29, 0.717) is 5.54 Å². The predicted octanol–water partition coefficient (Wildman–Crippen LogP) is 4.19. The number of nitrogens with one attached hydrogen (secondary N) is 2.